The molecule has 22 heavy (non-hydrogen) atoms. The van der Waals surface area contributed by atoms with E-state index in [2.05, 4.69) is 107 Å². The third-order valence-corrected chi connectivity index (χ3v) is 5.10. The van der Waals surface area contributed by atoms with Gasteiger partial charge in [-0.2, -0.15) is 0 Å². The zero-order chi connectivity index (χ0) is 15.9. The van der Waals surface area contributed by atoms with Gasteiger partial charge in [0.05, 0.1) is 0 Å². The van der Waals surface area contributed by atoms with Gasteiger partial charge in [0.15, 0.2) is 0 Å². The molecular formula is C20H18Br2. The number of hydrogen-bond donors (Lipinski definition) is 0. The predicted octanol–water partition coefficient (Wildman–Crippen LogP) is 7.33. The summed E-state index contributed by atoms with van der Waals surface area (Å²) in [5.41, 5.74) is 3.98. The van der Waals surface area contributed by atoms with Crippen molar-refractivity contribution in [1.82, 2.24) is 0 Å². The van der Waals surface area contributed by atoms with E-state index in [1.165, 1.54) is 27.5 Å². The lowest BCUT2D eigenvalue weighted by Gasteiger charge is -2.20. The maximum atomic E-state index is 3.74. The van der Waals surface area contributed by atoms with Gasteiger partial charge in [-0.15, -0.1) is 0 Å². The molecule has 0 spiro atoms. The molecule has 0 amide bonds. The molecule has 3 aromatic rings. The van der Waals surface area contributed by atoms with Gasteiger partial charge in [0.25, 0.3) is 0 Å². The second kappa shape index (κ2) is 5.82. The van der Waals surface area contributed by atoms with E-state index in [0.29, 0.717) is 0 Å². The lowest BCUT2D eigenvalue weighted by atomic mass is 9.86. The quantitative estimate of drug-likeness (QED) is 0.388. The molecule has 0 aliphatic rings. The van der Waals surface area contributed by atoms with Crippen LogP contribution in [0.15, 0.2) is 63.5 Å². The summed E-state index contributed by atoms with van der Waals surface area (Å²) in [4.78, 5) is 0. The van der Waals surface area contributed by atoms with Crippen LogP contribution in [0.2, 0.25) is 0 Å². The average molecular weight is 418 g/mol. The van der Waals surface area contributed by atoms with Gasteiger partial charge in [0.2, 0.25) is 0 Å². The van der Waals surface area contributed by atoms with Crippen molar-refractivity contribution in [3.63, 3.8) is 0 Å². The smallest absolute Gasteiger partial charge is 0.0256 e. The Balaban J connectivity index is 2.09. The summed E-state index contributed by atoms with van der Waals surface area (Å²) in [7, 11) is 0. The van der Waals surface area contributed by atoms with Gasteiger partial charge in [-0.25, -0.2) is 0 Å². The Bertz CT molecular complexity index is 842. The fraction of sp³-hybridized carbons (Fsp3) is 0.200. The van der Waals surface area contributed by atoms with Crippen LogP contribution < -0.4 is 0 Å². The van der Waals surface area contributed by atoms with Crippen LogP contribution in [-0.2, 0) is 5.41 Å². The van der Waals surface area contributed by atoms with Crippen molar-refractivity contribution >= 4 is 42.6 Å². The number of rotatable bonds is 1. The molecule has 0 nitrogen and oxygen atoms in total. The fourth-order valence-electron chi connectivity index (χ4n) is 2.60. The van der Waals surface area contributed by atoms with E-state index in [9.17, 15) is 0 Å². The Morgan fingerprint density at radius 1 is 0.727 bits per heavy atom. The molecular weight excluding hydrogens is 400 g/mol. The first-order chi connectivity index (χ1) is 10.3. The van der Waals surface area contributed by atoms with E-state index < -0.39 is 0 Å². The minimum absolute atomic E-state index is 0.163. The van der Waals surface area contributed by atoms with Gasteiger partial charge < -0.3 is 0 Å². The molecule has 0 aliphatic heterocycles. The highest BCUT2D eigenvalue weighted by Crippen LogP contribution is 2.34. The van der Waals surface area contributed by atoms with Crippen LogP contribution in [0.5, 0.6) is 0 Å². The van der Waals surface area contributed by atoms with Crippen molar-refractivity contribution in [3.8, 4) is 11.1 Å². The monoisotopic (exact) mass is 416 g/mol. The first-order valence-electron chi connectivity index (χ1n) is 7.34. The molecule has 0 saturated heterocycles. The van der Waals surface area contributed by atoms with Crippen LogP contribution in [0.4, 0.5) is 0 Å². The van der Waals surface area contributed by atoms with Gasteiger partial charge in [-0.3, -0.25) is 0 Å². The van der Waals surface area contributed by atoms with Crippen LogP contribution in [0.25, 0.3) is 21.9 Å². The molecule has 3 aromatic carbocycles. The van der Waals surface area contributed by atoms with Gasteiger partial charge in [-0.05, 0) is 57.1 Å². The summed E-state index contributed by atoms with van der Waals surface area (Å²) in [6.07, 6.45) is 0. The normalized spacial score (nSPS) is 11.9. The molecule has 0 bridgehead atoms. The van der Waals surface area contributed by atoms with E-state index in [1.54, 1.807) is 0 Å². The van der Waals surface area contributed by atoms with Crippen LogP contribution >= 0.6 is 31.9 Å². The molecule has 0 aromatic heterocycles. The first kappa shape index (κ1) is 15.8. The highest BCUT2D eigenvalue weighted by molar-refractivity contribution is 9.10. The molecule has 0 unspecified atom stereocenters. The fourth-order valence-corrected chi connectivity index (χ4v) is 3.59. The molecule has 0 fully saturated rings. The van der Waals surface area contributed by atoms with Crippen molar-refractivity contribution in [2.75, 3.05) is 0 Å². The molecule has 0 saturated carbocycles. The van der Waals surface area contributed by atoms with E-state index in [4.69, 9.17) is 0 Å². The van der Waals surface area contributed by atoms with Crippen molar-refractivity contribution in [1.29, 1.82) is 0 Å². The molecule has 0 N–H and O–H groups in total. The third-order valence-electron chi connectivity index (χ3n) is 3.95. The number of benzene rings is 3. The van der Waals surface area contributed by atoms with Gasteiger partial charge in [0.1, 0.15) is 0 Å². The van der Waals surface area contributed by atoms with E-state index in [-0.39, 0.29) is 5.41 Å². The summed E-state index contributed by atoms with van der Waals surface area (Å²) in [5.74, 6) is 0. The minimum Gasteiger partial charge on any atom is -0.0578 e. The average Bonchev–Trinajstić information content (AvgIpc) is 2.45. The summed E-state index contributed by atoms with van der Waals surface area (Å²) in [6.45, 7) is 6.72. The lowest BCUT2D eigenvalue weighted by Crippen LogP contribution is -2.10. The summed E-state index contributed by atoms with van der Waals surface area (Å²) in [5, 5.41) is 2.51. The van der Waals surface area contributed by atoms with Crippen LogP contribution in [0.3, 0.4) is 0 Å². The Morgan fingerprint density at radius 2 is 1.41 bits per heavy atom. The Labute approximate surface area is 148 Å². The number of halogens is 2. The minimum atomic E-state index is 0.163. The SMILES string of the molecule is CC(C)(C)c1ccc(-c2ccc3cc(Br)ccc3c2)c(Br)c1. The van der Waals surface area contributed by atoms with Crippen LogP contribution in [-0.4, -0.2) is 0 Å². The maximum absolute atomic E-state index is 3.74. The maximum Gasteiger partial charge on any atom is 0.0256 e. The molecule has 3 rings (SSSR count). The Kier molecular flexibility index (Phi) is 4.17. The van der Waals surface area contributed by atoms with Gasteiger partial charge >= 0.3 is 0 Å². The van der Waals surface area contributed by atoms with Crippen LogP contribution in [0, 0.1) is 0 Å². The summed E-state index contributed by atoms with van der Waals surface area (Å²) in [6, 6.07) is 19.7. The van der Waals surface area contributed by atoms with Gasteiger partial charge in [0, 0.05) is 8.95 Å². The Morgan fingerprint density at radius 3 is 2.09 bits per heavy atom. The van der Waals surface area contributed by atoms with E-state index in [0.717, 1.165) is 8.95 Å². The highest BCUT2D eigenvalue weighted by atomic mass is 79.9. The molecule has 0 atom stereocenters. The molecule has 0 heterocycles. The van der Waals surface area contributed by atoms with E-state index >= 15 is 0 Å². The zero-order valence-electron chi connectivity index (χ0n) is 13.0. The van der Waals surface area contributed by atoms with Crippen molar-refractivity contribution in [2.45, 2.75) is 26.2 Å². The molecule has 0 aliphatic carbocycles. The van der Waals surface area contributed by atoms with Gasteiger partial charge in [-0.1, -0.05) is 83.0 Å². The van der Waals surface area contributed by atoms with Crippen molar-refractivity contribution in [2.24, 2.45) is 0 Å². The molecule has 0 radical (unpaired) electrons. The number of fused-ring (bicyclic) bond motifs is 1. The second-order valence-corrected chi connectivity index (χ2v) is 8.42. The standard InChI is InChI=1S/C20H18Br2/c1-20(2,3)16-7-9-18(19(22)12-16)15-5-4-14-11-17(21)8-6-13(14)10-15/h4-12H,1-3H3. The molecule has 112 valence electrons. The van der Waals surface area contributed by atoms with Crippen LogP contribution in [0.1, 0.15) is 26.3 Å². The topological polar surface area (TPSA) is 0 Å². The third kappa shape index (κ3) is 3.13. The van der Waals surface area contributed by atoms with Crippen molar-refractivity contribution < 1.29 is 0 Å². The summed E-state index contributed by atoms with van der Waals surface area (Å²) >= 11 is 7.27. The Hall–Kier alpha value is -1.12. The van der Waals surface area contributed by atoms with Crippen molar-refractivity contribution in [3.05, 3.63) is 69.1 Å². The largest absolute Gasteiger partial charge is 0.0578 e. The van der Waals surface area contributed by atoms with E-state index in [1.807, 2.05) is 0 Å². The summed E-state index contributed by atoms with van der Waals surface area (Å²) < 4.78 is 2.26. The second-order valence-electron chi connectivity index (χ2n) is 6.65. The number of hydrogen-bond acceptors (Lipinski definition) is 0. The highest BCUT2D eigenvalue weighted by Gasteiger charge is 2.15. The lowest BCUT2D eigenvalue weighted by molar-refractivity contribution is 0.590. The zero-order valence-corrected chi connectivity index (χ0v) is 16.1. The molecule has 2 heteroatoms. The predicted molar refractivity (Wildman–Crippen MR) is 103 cm³/mol. The first-order valence-corrected chi connectivity index (χ1v) is 8.93.